The molecule has 1 heterocycles. The van der Waals surface area contributed by atoms with Gasteiger partial charge in [0.05, 0.1) is 25.3 Å². The van der Waals surface area contributed by atoms with Gasteiger partial charge in [0.1, 0.15) is 5.60 Å². The molecule has 22 heavy (non-hydrogen) atoms. The predicted molar refractivity (Wildman–Crippen MR) is 85.9 cm³/mol. The van der Waals surface area contributed by atoms with Crippen LogP contribution in [0.3, 0.4) is 0 Å². The number of halogens is 1. The van der Waals surface area contributed by atoms with Crippen molar-refractivity contribution < 1.29 is 14.3 Å². The minimum Gasteiger partial charge on any atom is -0.444 e. The van der Waals surface area contributed by atoms with Crippen molar-refractivity contribution in [1.29, 1.82) is 0 Å². The molecule has 1 amide bonds. The lowest BCUT2D eigenvalue weighted by Gasteiger charge is -2.39. The first kappa shape index (κ1) is 17.1. The molecule has 2 N–H and O–H groups in total. The highest BCUT2D eigenvalue weighted by Crippen LogP contribution is 2.28. The van der Waals surface area contributed by atoms with Gasteiger partial charge >= 0.3 is 6.09 Å². The lowest BCUT2D eigenvalue weighted by Crippen LogP contribution is -2.54. The van der Waals surface area contributed by atoms with Crippen molar-refractivity contribution in [2.75, 3.05) is 19.8 Å². The smallest absolute Gasteiger partial charge is 0.410 e. The van der Waals surface area contributed by atoms with Crippen LogP contribution in [0.1, 0.15) is 32.4 Å². The van der Waals surface area contributed by atoms with Crippen molar-refractivity contribution in [3.63, 3.8) is 0 Å². The topological polar surface area (TPSA) is 64.8 Å². The molecule has 1 aromatic rings. The maximum atomic E-state index is 12.4. The Labute approximate surface area is 136 Å². The number of nitrogens with zero attached hydrogens (tertiary/aromatic N) is 1. The zero-order valence-corrected chi connectivity index (χ0v) is 14.0. The summed E-state index contributed by atoms with van der Waals surface area (Å²) in [5.74, 6) is 0. The average Bonchev–Trinajstić information content (AvgIpc) is 2.45. The number of amides is 1. The molecule has 0 aromatic heterocycles. The Morgan fingerprint density at radius 1 is 1.45 bits per heavy atom. The maximum Gasteiger partial charge on any atom is 0.410 e. The summed E-state index contributed by atoms with van der Waals surface area (Å²) in [5, 5.41) is 0.588. The van der Waals surface area contributed by atoms with Crippen LogP contribution in [0.15, 0.2) is 24.3 Å². The average molecular weight is 327 g/mol. The van der Waals surface area contributed by atoms with E-state index in [1.165, 1.54) is 0 Å². The molecule has 2 rings (SSSR count). The molecular formula is C16H23ClN2O3. The Balaban J connectivity index is 2.19. The molecule has 2 unspecified atom stereocenters. The van der Waals surface area contributed by atoms with Crippen LogP contribution >= 0.6 is 11.6 Å². The molecule has 122 valence electrons. The van der Waals surface area contributed by atoms with E-state index in [0.29, 0.717) is 24.8 Å². The summed E-state index contributed by atoms with van der Waals surface area (Å²) in [6.07, 6.45) is -0.372. The van der Waals surface area contributed by atoms with Gasteiger partial charge in [-0.25, -0.2) is 4.79 Å². The summed E-state index contributed by atoms with van der Waals surface area (Å²) in [6.45, 7) is 6.82. The van der Waals surface area contributed by atoms with E-state index in [9.17, 15) is 4.79 Å². The molecule has 0 saturated carbocycles. The summed E-state index contributed by atoms with van der Waals surface area (Å²) >= 11 is 6.22. The molecule has 0 aliphatic carbocycles. The molecule has 0 radical (unpaired) electrons. The molecule has 1 saturated heterocycles. The van der Waals surface area contributed by atoms with Crippen molar-refractivity contribution in [3.8, 4) is 0 Å². The number of hydrogen-bond donors (Lipinski definition) is 1. The van der Waals surface area contributed by atoms with Crippen LogP contribution in [0.5, 0.6) is 0 Å². The molecule has 5 nitrogen and oxygen atoms in total. The van der Waals surface area contributed by atoms with E-state index < -0.39 is 11.6 Å². The number of morpholine rings is 1. The van der Waals surface area contributed by atoms with Gasteiger partial charge in [-0.15, -0.1) is 0 Å². The summed E-state index contributed by atoms with van der Waals surface area (Å²) in [4.78, 5) is 14.0. The van der Waals surface area contributed by atoms with Gasteiger partial charge < -0.3 is 15.2 Å². The normalized spacial score (nSPS) is 20.6. The number of nitrogens with two attached hydrogens (primary N) is 1. The van der Waals surface area contributed by atoms with E-state index in [4.69, 9.17) is 26.8 Å². The molecular weight excluding hydrogens is 304 g/mol. The van der Waals surface area contributed by atoms with E-state index in [1.807, 2.05) is 39.0 Å². The lowest BCUT2D eigenvalue weighted by molar-refractivity contribution is -0.0382. The van der Waals surface area contributed by atoms with Gasteiger partial charge in [0.15, 0.2) is 0 Å². The van der Waals surface area contributed by atoms with Crippen molar-refractivity contribution >= 4 is 17.7 Å². The number of benzene rings is 1. The Morgan fingerprint density at radius 2 is 2.14 bits per heavy atom. The van der Waals surface area contributed by atoms with Gasteiger partial charge in [-0.05, 0) is 32.4 Å². The van der Waals surface area contributed by atoms with Gasteiger partial charge in [0.25, 0.3) is 0 Å². The molecule has 0 spiro atoms. The summed E-state index contributed by atoms with van der Waals surface area (Å²) in [6, 6.07) is 6.65. The standard InChI is InChI=1S/C16H23ClN2O3/c1-16(2,3)22-15(20)19-8-9-21-10-13(19)14(18)11-6-4-5-7-12(11)17/h4-7,13-14H,8-10,18H2,1-3H3. The highest BCUT2D eigenvalue weighted by molar-refractivity contribution is 6.31. The molecule has 6 heteroatoms. The molecule has 1 fully saturated rings. The third-order valence-electron chi connectivity index (χ3n) is 3.47. The lowest BCUT2D eigenvalue weighted by atomic mass is 9.98. The van der Waals surface area contributed by atoms with Crippen LogP contribution in [-0.2, 0) is 9.47 Å². The van der Waals surface area contributed by atoms with Gasteiger partial charge in [0.2, 0.25) is 0 Å². The van der Waals surface area contributed by atoms with Crippen molar-refractivity contribution in [3.05, 3.63) is 34.9 Å². The van der Waals surface area contributed by atoms with Gasteiger partial charge in [-0.3, -0.25) is 4.90 Å². The SMILES string of the molecule is CC(C)(C)OC(=O)N1CCOCC1C(N)c1ccccc1Cl. The van der Waals surface area contributed by atoms with Gasteiger partial charge in [0, 0.05) is 11.6 Å². The maximum absolute atomic E-state index is 12.4. The second kappa shape index (κ2) is 6.86. The van der Waals surface area contributed by atoms with E-state index >= 15 is 0 Å². The van der Waals surface area contributed by atoms with E-state index in [1.54, 1.807) is 11.0 Å². The fourth-order valence-electron chi connectivity index (χ4n) is 2.42. The van der Waals surface area contributed by atoms with Crippen LogP contribution in [0, 0.1) is 0 Å². The zero-order valence-electron chi connectivity index (χ0n) is 13.2. The van der Waals surface area contributed by atoms with E-state index in [2.05, 4.69) is 0 Å². The second-order valence-corrected chi connectivity index (χ2v) is 6.77. The van der Waals surface area contributed by atoms with Crippen molar-refractivity contribution in [1.82, 2.24) is 4.90 Å². The monoisotopic (exact) mass is 326 g/mol. The Kier molecular flexibility index (Phi) is 5.32. The number of rotatable bonds is 2. The third-order valence-corrected chi connectivity index (χ3v) is 3.82. The van der Waals surface area contributed by atoms with E-state index in [0.717, 1.165) is 5.56 Å². The van der Waals surface area contributed by atoms with Crippen LogP contribution in [0.2, 0.25) is 5.02 Å². The Hall–Kier alpha value is -1.30. The Morgan fingerprint density at radius 3 is 2.77 bits per heavy atom. The van der Waals surface area contributed by atoms with Crippen molar-refractivity contribution in [2.45, 2.75) is 38.5 Å². The summed E-state index contributed by atoms with van der Waals surface area (Å²) < 4.78 is 11.0. The summed E-state index contributed by atoms with van der Waals surface area (Å²) in [5.41, 5.74) is 6.60. The quantitative estimate of drug-likeness (QED) is 0.907. The third kappa shape index (κ3) is 4.12. The number of carbonyl (C=O) groups excluding carboxylic acids is 1. The first-order valence-corrected chi connectivity index (χ1v) is 7.75. The molecule has 1 aliphatic heterocycles. The number of carbonyl (C=O) groups is 1. The minimum atomic E-state index is -0.547. The molecule has 0 bridgehead atoms. The Bertz CT molecular complexity index is 530. The molecule has 1 aromatic carbocycles. The first-order valence-electron chi connectivity index (χ1n) is 7.37. The number of ether oxygens (including phenoxy) is 2. The van der Waals surface area contributed by atoms with Crippen molar-refractivity contribution in [2.24, 2.45) is 5.73 Å². The highest BCUT2D eigenvalue weighted by atomic mass is 35.5. The van der Waals surface area contributed by atoms with Crippen LogP contribution in [0.25, 0.3) is 0 Å². The van der Waals surface area contributed by atoms with Gasteiger partial charge in [-0.1, -0.05) is 29.8 Å². The largest absolute Gasteiger partial charge is 0.444 e. The fourth-order valence-corrected chi connectivity index (χ4v) is 2.68. The highest BCUT2D eigenvalue weighted by Gasteiger charge is 2.35. The van der Waals surface area contributed by atoms with Crippen LogP contribution in [0.4, 0.5) is 4.79 Å². The number of hydrogen-bond acceptors (Lipinski definition) is 4. The first-order chi connectivity index (χ1) is 10.3. The fraction of sp³-hybridized carbons (Fsp3) is 0.562. The predicted octanol–water partition coefficient (Wildman–Crippen LogP) is 2.98. The molecule has 1 aliphatic rings. The minimum absolute atomic E-state index is 0.302. The van der Waals surface area contributed by atoms with Crippen LogP contribution < -0.4 is 5.73 Å². The van der Waals surface area contributed by atoms with E-state index in [-0.39, 0.29) is 12.1 Å². The summed E-state index contributed by atoms with van der Waals surface area (Å²) in [7, 11) is 0. The molecule has 2 atom stereocenters. The zero-order chi connectivity index (χ0) is 16.3. The van der Waals surface area contributed by atoms with Crippen LogP contribution in [-0.4, -0.2) is 42.4 Å². The second-order valence-electron chi connectivity index (χ2n) is 6.36. The van der Waals surface area contributed by atoms with Gasteiger partial charge in [-0.2, -0.15) is 0 Å².